The minimum Gasteiger partial charge on any atom is -0.456 e. The molecule has 0 spiro atoms. The fourth-order valence-corrected chi connectivity index (χ4v) is 14.5. The monoisotopic (exact) mass is 1280 g/mol. The summed E-state index contributed by atoms with van der Waals surface area (Å²) >= 11 is 0. The Morgan fingerprint density at radius 3 is 1.10 bits per heavy atom. The average molecular weight is 1280 g/mol. The van der Waals surface area contributed by atoms with Gasteiger partial charge in [0, 0.05) is 76.5 Å². The second-order valence-electron chi connectivity index (χ2n) is 25.2. The van der Waals surface area contributed by atoms with E-state index in [4.69, 9.17) is 47.6 Å². The first-order chi connectivity index (χ1) is 49.5. The first-order valence-corrected chi connectivity index (χ1v) is 33.3. The molecule has 0 bridgehead atoms. The van der Waals surface area contributed by atoms with E-state index in [0.29, 0.717) is 34.9 Å². The van der Waals surface area contributed by atoms with Gasteiger partial charge in [-0.3, -0.25) is 0 Å². The molecule has 0 unspecified atom stereocenters. The van der Waals surface area contributed by atoms with Gasteiger partial charge in [-0.2, -0.15) is 0 Å². The van der Waals surface area contributed by atoms with Gasteiger partial charge in [0.2, 0.25) is 0 Å². The van der Waals surface area contributed by atoms with Gasteiger partial charge in [0.25, 0.3) is 0 Å². The van der Waals surface area contributed by atoms with Crippen molar-refractivity contribution in [1.29, 1.82) is 0 Å². The maximum atomic E-state index is 6.86. The number of hydrogen-bond donors (Lipinski definition) is 0. The maximum Gasteiger partial charge on any atom is 0.165 e. The van der Waals surface area contributed by atoms with E-state index in [9.17, 15) is 0 Å². The van der Waals surface area contributed by atoms with E-state index < -0.39 is 0 Å². The number of benzene rings is 14. The van der Waals surface area contributed by atoms with E-state index in [0.717, 1.165) is 177 Å². The lowest BCUT2D eigenvalue weighted by Crippen LogP contribution is -2.01. The molecule has 20 aromatic rings. The number of rotatable bonds is 11. The normalized spacial score (nSPS) is 11.8. The summed E-state index contributed by atoms with van der Waals surface area (Å²) in [6.45, 7) is 0. The molecule has 100 heavy (non-hydrogen) atoms. The third kappa shape index (κ3) is 9.56. The summed E-state index contributed by atoms with van der Waals surface area (Å²) in [4.78, 5) is 31.4. The molecule has 0 amide bonds. The number of para-hydroxylation sites is 1. The summed E-state index contributed by atoms with van der Waals surface area (Å²) in [5.41, 5.74) is 21.7. The average Bonchev–Trinajstić information content (AvgIpc) is 1.52. The van der Waals surface area contributed by atoms with Crippen LogP contribution < -0.4 is 0 Å². The van der Waals surface area contributed by atoms with E-state index in [1.807, 2.05) is 115 Å². The zero-order chi connectivity index (χ0) is 65.8. The fourth-order valence-electron chi connectivity index (χ4n) is 14.5. The SMILES string of the molecule is c1ccc(-c2ccc(-c3nc(-c4ccccc4)nc(-c4c(-c5ccc6oc7cc(-c8ccc9c(c8)oc8cccc(-c%10cccc%11oc%12cccc(-c%13nc(-c%14ccccc%14)nc(-c%14ccc(-c%15ccccc%15)cc%14)n%13)c%12c%10%11)c89)ccc7c6c5)ccc5oc6ccccc6c45)n3)cc2)cc1. The van der Waals surface area contributed by atoms with Crippen LogP contribution in [0.5, 0.6) is 0 Å². The van der Waals surface area contributed by atoms with Crippen LogP contribution in [-0.4, -0.2) is 29.9 Å². The van der Waals surface area contributed by atoms with E-state index >= 15 is 0 Å². The van der Waals surface area contributed by atoms with Crippen molar-refractivity contribution in [2.45, 2.75) is 0 Å². The Kier molecular flexibility index (Phi) is 13.0. The summed E-state index contributed by atoms with van der Waals surface area (Å²) < 4.78 is 27.0. The highest BCUT2D eigenvalue weighted by Gasteiger charge is 2.26. The van der Waals surface area contributed by atoms with Crippen LogP contribution in [-0.2, 0) is 0 Å². The third-order valence-corrected chi connectivity index (χ3v) is 19.3. The summed E-state index contributed by atoms with van der Waals surface area (Å²) in [6.07, 6.45) is 0. The second kappa shape index (κ2) is 23.0. The summed E-state index contributed by atoms with van der Waals surface area (Å²) in [7, 11) is 0. The van der Waals surface area contributed by atoms with E-state index in [2.05, 4.69) is 200 Å². The molecule has 0 fully saturated rings. The van der Waals surface area contributed by atoms with Crippen LogP contribution in [0, 0.1) is 0 Å². The van der Waals surface area contributed by atoms with Crippen LogP contribution in [0.25, 0.3) is 212 Å². The van der Waals surface area contributed by atoms with Crippen molar-refractivity contribution in [2.24, 2.45) is 0 Å². The van der Waals surface area contributed by atoms with Gasteiger partial charge in [-0.15, -0.1) is 0 Å². The third-order valence-electron chi connectivity index (χ3n) is 19.3. The van der Waals surface area contributed by atoms with Gasteiger partial charge >= 0.3 is 0 Å². The number of hydrogen-bond acceptors (Lipinski definition) is 10. The lowest BCUT2D eigenvalue weighted by Gasteiger charge is -2.14. The Balaban J connectivity index is 0.674. The van der Waals surface area contributed by atoms with Crippen molar-refractivity contribution in [1.82, 2.24) is 29.9 Å². The number of furan rings is 4. The van der Waals surface area contributed by atoms with Crippen LogP contribution in [0.3, 0.4) is 0 Å². The molecule has 466 valence electrons. The summed E-state index contributed by atoms with van der Waals surface area (Å²) in [5, 5.41) is 7.73. The first kappa shape index (κ1) is 56.6. The molecule has 0 saturated heterocycles. The molecule has 0 radical (unpaired) electrons. The van der Waals surface area contributed by atoms with Gasteiger partial charge in [0.1, 0.15) is 44.7 Å². The molecule has 0 aliphatic carbocycles. The Morgan fingerprint density at radius 1 is 0.160 bits per heavy atom. The van der Waals surface area contributed by atoms with Gasteiger partial charge in [0.15, 0.2) is 34.9 Å². The summed E-state index contributed by atoms with van der Waals surface area (Å²) in [5.74, 6) is 3.37. The molecular weight excluding hydrogens is 1230 g/mol. The lowest BCUT2D eigenvalue weighted by atomic mass is 9.93. The predicted molar refractivity (Wildman–Crippen MR) is 402 cm³/mol. The van der Waals surface area contributed by atoms with Gasteiger partial charge < -0.3 is 17.7 Å². The molecule has 20 rings (SSSR count). The molecule has 0 N–H and O–H groups in total. The molecule has 10 nitrogen and oxygen atoms in total. The molecular formula is C90H52N6O4. The van der Waals surface area contributed by atoms with Crippen LogP contribution in [0.1, 0.15) is 0 Å². The van der Waals surface area contributed by atoms with Gasteiger partial charge in [-0.05, 0) is 128 Å². The van der Waals surface area contributed by atoms with Crippen molar-refractivity contribution >= 4 is 87.8 Å². The van der Waals surface area contributed by atoms with Crippen LogP contribution in [0.2, 0.25) is 0 Å². The maximum absolute atomic E-state index is 6.86. The van der Waals surface area contributed by atoms with Crippen molar-refractivity contribution < 1.29 is 17.7 Å². The first-order valence-electron chi connectivity index (χ1n) is 33.3. The van der Waals surface area contributed by atoms with Crippen LogP contribution in [0.15, 0.2) is 333 Å². The van der Waals surface area contributed by atoms with Crippen molar-refractivity contribution in [3.05, 3.63) is 315 Å². The van der Waals surface area contributed by atoms with Gasteiger partial charge in [-0.25, -0.2) is 29.9 Å². The molecule has 10 heteroatoms. The Morgan fingerprint density at radius 2 is 0.510 bits per heavy atom. The molecule has 0 aliphatic heterocycles. The van der Waals surface area contributed by atoms with Crippen LogP contribution >= 0.6 is 0 Å². The quantitative estimate of drug-likeness (QED) is 0.123. The van der Waals surface area contributed by atoms with Crippen LogP contribution in [0.4, 0.5) is 0 Å². The molecule has 14 aromatic carbocycles. The van der Waals surface area contributed by atoms with E-state index in [1.54, 1.807) is 0 Å². The molecule has 6 aromatic heterocycles. The minimum atomic E-state index is 0.534. The van der Waals surface area contributed by atoms with Gasteiger partial charge in [-0.1, -0.05) is 243 Å². The standard InChI is InChI=1S/C90H52N6O4/c1-5-18-53(19-6-1)55-34-38-59(39-35-55)87-91-85(57-22-9-3-10-23-57)93-89(94-87)70-29-17-33-76-83(70)81-67(28-16-32-75(81)99-76)66-27-15-31-74-80(66)69-46-43-62(52-79(69)100-74)61-42-45-65-71-50-63(44-48-73(71)98-78(65)51-61)64-47-49-77-82(68-26-13-14-30-72(68)97-77)84(64)90-95-86(58-24-11-4-12-25-58)92-88(96-90)60-40-36-56(37-41-60)54-20-7-2-8-21-54/h1-52H. The number of aromatic nitrogens is 6. The highest BCUT2D eigenvalue weighted by Crippen LogP contribution is 2.48. The van der Waals surface area contributed by atoms with Gasteiger partial charge in [0.05, 0.1) is 0 Å². The minimum absolute atomic E-state index is 0.534. The fraction of sp³-hybridized carbons (Fsp3) is 0. The zero-order valence-electron chi connectivity index (χ0n) is 53.3. The van der Waals surface area contributed by atoms with Crippen molar-refractivity contribution in [2.75, 3.05) is 0 Å². The summed E-state index contributed by atoms with van der Waals surface area (Å²) in [6, 6.07) is 108. The molecule has 6 heterocycles. The zero-order valence-corrected chi connectivity index (χ0v) is 53.3. The van der Waals surface area contributed by atoms with Crippen molar-refractivity contribution in [3.8, 4) is 124 Å². The second-order valence-corrected chi connectivity index (χ2v) is 25.2. The Hall–Kier alpha value is -13.7. The topological polar surface area (TPSA) is 130 Å². The smallest absolute Gasteiger partial charge is 0.165 e. The largest absolute Gasteiger partial charge is 0.456 e. The van der Waals surface area contributed by atoms with Crippen molar-refractivity contribution in [3.63, 3.8) is 0 Å². The molecule has 0 atom stereocenters. The molecule has 0 aliphatic rings. The molecule has 0 saturated carbocycles. The van der Waals surface area contributed by atoms with E-state index in [-0.39, 0.29) is 0 Å². The Labute approximate surface area is 571 Å². The number of fused-ring (bicyclic) bond motifs is 12. The Bertz CT molecular complexity index is 6620. The lowest BCUT2D eigenvalue weighted by molar-refractivity contribution is 0.668. The van der Waals surface area contributed by atoms with E-state index in [1.165, 1.54) is 0 Å². The highest BCUT2D eigenvalue weighted by molar-refractivity contribution is 6.22. The number of nitrogens with zero attached hydrogens (tertiary/aromatic N) is 6. The highest BCUT2D eigenvalue weighted by atomic mass is 16.3. The predicted octanol–water partition coefficient (Wildman–Crippen LogP) is 24.0.